The summed E-state index contributed by atoms with van der Waals surface area (Å²) in [6.07, 6.45) is -0.0884. The van der Waals surface area contributed by atoms with E-state index in [1.54, 1.807) is 6.92 Å². The van der Waals surface area contributed by atoms with Crippen molar-refractivity contribution in [1.29, 1.82) is 0 Å². The van der Waals surface area contributed by atoms with Crippen LogP contribution in [0.2, 0.25) is 0 Å². The lowest BCUT2D eigenvalue weighted by atomic mass is 9.81. The molecular formula is C12H22O3. The summed E-state index contributed by atoms with van der Waals surface area (Å²) >= 11 is 0. The number of Topliss-reactive ketones (excluding diaryl/α,β-unsaturated/α-hetero) is 1. The Morgan fingerprint density at radius 3 is 1.87 bits per heavy atom. The molecule has 0 aromatic heterocycles. The number of esters is 1. The summed E-state index contributed by atoms with van der Waals surface area (Å²) in [6, 6.07) is 0. The van der Waals surface area contributed by atoms with E-state index in [9.17, 15) is 9.59 Å². The lowest BCUT2D eigenvalue weighted by molar-refractivity contribution is -0.146. The van der Waals surface area contributed by atoms with Crippen LogP contribution in [-0.2, 0) is 14.3 Å². The normalized spacial score (nSPS) is 11.2. The second-order valence-corrected chi connectivity index (χ2v) is 4.46. The molecule has 0 N–H and O–H groups in total. The van der Waals surface area contributed by atoms with Crippen molar-refractivity contribution in [3.8, 4) is 0 Å². The Labute approximate surface area is 92.2 Å². The second-order valence-electron chi connectivity index (χ2n) is 4.46. The van der Waals surface area contributed by atoms with Gasteiger partial charge in [-0.25, -0.2) is 0 Å². The van der Waals surface area contributed by atoms with Crippen LogP contribution in [0.5, 0.6) is 0 Å². The van der Waals surface area contributed by atoms with Crippen LogP contribution in [0.3, 0.4) is 0 Å². The molecule has 0 amide bonds. The van der Waals surface area contributed by atoms with E-state index in [1.165, 1.54) is 0 Å². The van der Waals surface area contributed by atoms with Crippen LogP contribution in [-0.4, -0.2) is 18.4 Å². The van der Waals surface area contributed by atoms with Crippen molar-refractivity contribution in [2.45, 2.75) is 41.0 Å². The summed E-state index contributed by atoms with van der Waals surface area (Å²) in [5.41, 5.74) is 0. The van der Waals surface area contributed by atoms with Gasteiger partial charge in [-0.15, -0.1) is 0 Å². The van der Waals surface area contributed by atoms with Crippen molar-refractivity contribution in [2.24, 2.45) is 17.8 Å². The minimum Gasteiger partial charge on any atom is -0.466 e. The van der Waals surface area contributed by atoms with E-state index < -0.39 is 5.97 Å². The van der Waals surface area contributed by atoms with Gasteiger partial charge < -0.3 is 4.74 Å². The maximum atomic E-state index is 11.8. The summed E-state index contributed by atoms with van der Waals surface area (Å²) < 4.78 is 4.76. The zero-order valence-electron chi connectivity index (χ0n) is 10.4. The third kappa shape index (κ3) is 4.96. The maximum absolute atomic E-state index is 11.8. The fourth-order valence-electron chi connectivity index (χ4n) is 1.99. The Kier molecular flexibility index (Phi) is 6.21. The van der Waals surface area contributed by atoms with Crippen molar-refractivity contribution in [3.05, 3.63) is 0 Å². The molecule has 0 fully saturated rings. The molecule has 3 nitrogen and oxygen atoms in total. The zero-order chi connectivity index (χ0) is 12.0. The van der Waals surface area contributed by atoms with E-state index in [2.05, 4.69) is 0 Å². The number of ether oxygens (including phenoxy) is 1. The molecule has 0 aromatic rings. The van der Waals surface area contributed by atoms with Gasteiger partial charge in [0, 0.05) is 5.92 Å². The van der Waals surface area contributed by atoms with Crippen LogP contribution in [0.1, 0.15) is 41.0 Å². The number of carbonyl (C=O) groups is 2. The number of ketones is 1. The molecule has 3 heteroatoms. The molecule has 0 heterocycles. The molecule has 0 radical (unpaired) electrons. The molecule has 0 atom stereocenters. The van der Waals surface area contributed by atoms with Crippen LogP contribution in [0, 0.1) is 17.8 Å². The third-order valence-electron chi connectivity index (χ3n) is 2.43. The van der Waals surface area contributed by atoms with Gasteiger partial charge in [0.25, 0.3) is 0 Å². The molecule has 0 saturated carbocycles. The Morgan fingerprint density at radius 2 is 1.53 bits per heavy atom. The van der Waals surface area contributed by atoms with Gasteiger partial charge in [-0.3, -0.25) is 9.59 Å². The van der Waals surface area contributed by atoms with E-state index in [1.807, 2.05) is 27.7 Å². The van der Waals surface area contributed by atoms with Crippen molar-refractivity contribution in [3.63, 3.8) is 0 Å². The first-order valence-corrected chi connectivity index (χ1v) is 5.58. The fourth-order valence-corrected chi connectivity index (χ4v) is 1.99. The quantitative estimate of drug-likeness (QED) is 0.504. The summed E-state index contributed by atoms with van der Waals surface area (Å²) in [5, 5.41) is 0. The summed E-state index contributed by atoms with van der Waals surface area (Å²) in [7, 11) is 0. The van der Waals surface area contributed by atoms with Gasteiger partial charge >= 0.3 is 5.97 Å². The monoisotopic (exact) mass is 214 g/mol. The highest BCUT2D eigenvalue weighted by Gasteiger charge is 2.27. The predicted octanol–water partition coefficient (Wildman–Crippen LogP) is 2.44. The first kappa shape index (κ1) is 14.1. The van der Waals surface area contributed by atoms with E-state index in [-0.39, 0.29) is 30.0 Å². The van der Waals surface area contributed by atoms with Gasteiger partial charge in [-0.1, -0.05) is 27.7 Å². The Hall–Kier alpha value is -0.860. The number of rotatable bonds is 6. The average Bonchev–Trinajstić information content (AvgIpc) is 2.01. The molecule has 0 spiro atoms. The predicted molar refractivity (Wildman–Crippen MR) is 59.4 cm³/mol. The van der Waals surface area contributed by atoms with Crippen LogP contribution in [0.15, 0.2) is 0 Å². The largest absolute Gasteiger partial charge is 0.466 e. The molecule has 15 heavy (non-hydrogen) atoms. The van der Waals surface area contributed by atoms with Crippen molar-refractivity contribution in [2.75, 3.05) is 6.61 Å². The zero-order valence-corrected chi connectivity index (χ0v) is 10.4. The first-order chi connectivity index (χ1) is 6.90. The molecule has 0 aromatic carbocycles. The van der Waals surface area contributed by atoms with Gasteiger partial charge in [0.2, 0.25) is 0 Å². The van der Waals surface area contributed by atoms with Gasteiger partial charge in [0.1, 0.15) is 12.2 Å². The lowest BCUT2D eigenvalue weighted by Gasteiger charge is -2.22. The summed E-state index contributed by atoms with van der Waals surface area (Å²) in [4.78, 5) is 23.0. The van der Waals surface area contributed by atoms with Gasteiger partial charge in [0.05, 0.1) is 6.61 Å². The van der Waals surface area contributed by atoms with Crippen LogP contribution in [0.4, 0.5) is 0 Å². The third-order valence-corrected chi connectivity index (χ3v) is 2.43. The average molecular weight is 214 g/mol. The van der Waals surface area contributed by atoms with Crippen LogP contribution < -0.4 is 0 Å². The summed E-state index contributed by atoms with van der Waals surface area (Å²) in [6.45, 7) is 10.1. The van der Waals surface area contributed by atoms with Crippen LogP contribution in [0.25, 0.3) is 0 Å². The molecular weight excluding hydrogens is 192 g/mol. The Bertz CT molecular complexity index is 211. The van der Waals surface area contributed by atoms with Gasteiger partial charge in [-0.2, -0.15) is 0 Å². The number of carbonyl (C=O) groups excluding carboxylic acids is 2. The Balaban J connectivity index is 4.33. The van der Waals surface area contributed by atoms with E-state index in [4.69, 9.17) is 4.74 Å². The molecule has 0 bridgehead atoms. The highest BCUT2D eigenvalue weighted by molar-refractivity contribution is 5.97. The minimum atomic E-state index is -0.409. The molecule has 88 valence electrons. The fraction of sp³-hybridized carbons (Fsp3) is 0.833. The van der Waals surface area contributed by atoms with Crippen molar-refractivity contribution < 1.29 is 14.3 Å². The molecule has 0 saturated heterocycles. The second kappa shape index (κ2) is 6.59. The van der Waals surface area contributed by atoms with Crippen molar-refractivity contribution >= 4 is 11.8 Å². The van der Waals surface area contributed by atoms with Crippen LogP contribution >= 0.6 is 0 Å². The minimum absolute atomic E-state index is 0.00144. The molecule has 0 aliphatic rings. The molecule has 0 aliphatic carbocycles. The Morgan fingerprint density at radius 1 is 1.07 bits per heavy atom. The van der Waals surface area contributed by atoms with Crippen molar-refractivity contribution in [1.82, 2.24) is 0 Å². The maximum Gasteiger partial charge on any atom is 0.313 e. The SMILES string of the molecule is CCOC(=O)CC(=O)C(C(C)C)C(C)C. The van der Waals surface area contributed by atoms with E-state index in [0.717, 1.165) is 0 Å². The smallest absolute Gasteiger partial charge is 0.313 e. The lowest BCUT2D eigenvalue weighted by Crippen LogP contribution is -2.28. The van der Waals surface area contributed by atoms with Gasteiger partial charge in [0.15, 0.2) is 0 Å². The number of hydrogen-bond donors (Lipinski definition) is 0. The number of hydrogen-bond acceptors (Lipinski definition) is 3. The first-order valence-electron chi connectivity index (χ1n) is 5.58. The highest BCUT2D eigenvalue weighted by atomic mass is 16.5. The van der Waals surface area contributed by atoms with E-state index in [0.29, 0.717) is 6.61 Å². The molecule has 0 rings (SSSR count). The summed E-state index contributed by atoms with van der Waals surface area (Å²) in [5.74, 6) is 0.0838. The topological polar surface area (TPSA) is 43.4 Å². The standard InChI is InChI=1S/C12H22O3/c1-6-15-11(14)7-10(13)12(8(2)3)9(4)5/h8-9,12H,6-7H2,1-5H3. The van der Waals surface area contributed by atoms with E-state index >= 15 is 0 Å². The molecule has 0 unspecified atom stereocenters. The highest BCUT2D eigenvalue weighted by Crippen LogP contribution is 2.22. The molecule has 0 aliphatic heterocycles. The van der Waals surface area contributed by atoms with Gasteiger partial charge in [-0.05, 0) is 18.8 Å².